The summed E-state index contributed by atoms with van der Waals surface area (Å²) in [5.41, 5.74) is 1.44. The second kappa shape index (κ2) is 5.51. The molecule has 2 unspecified atom stereocenters. The van der Waals surface area contributed by atoms with Crippen LogP contribution < -0.4 is 10.1 Å². The number of benzene rings is 1. The summed E-state index contributed by atoms with van der Waals surface area (Å²) in [5, 5.41) is 3.78. The molecule has 1 heterocycles. The average Bonchev–Trinajstić information content (AvgIpc) is 3.22. The molecule has 0 amide bonds. The van der Waals surface area contributed by atoms with Gasteiger partial charge in [-0.2, -0.15) is 0 Å². The van der Waals surface area contributed by atoms with E-state index in [1.165, 1.54) is 31.4 Å². The summed E-state index contributed by atoms with van der Waals surface area (Å²) < 4.78 is 5.24. The Kier molecular flexibility index (Phi) is 3.76. The van der Waals surface area contributed by atoms with Crippen LogP contribution in [0.2, 0.25) is 0 Å². The van der Waals surface area contributed by atoms with E-state index in [9.17, 15) is 0 Å². The Bertz CT molecular complexity index is 411. The van der Waals surface area contributed by atoms with Gasteiger partial charge in [-0.1, -0.05) is 12.1 Å². The Morgan fingerprint density at radius 3 is 2.47 bits per heavy atom. The molecule has 2 fully saturated rings. The van der Waals surface area contributed by atoms with Crippen molar-refractivity contribution in [3.63, 3.8) is 0 Å². The first-order valence-electron chi connectivity index (χ1n) is 7.33. The van der Waals surface area contributed by atoms with E-state index >= 15 is 0 Å². The molecule has 2 atom stereocenters. The minimum absolute atomic E-state index is 0.640. The number of hydrogen-bond donors (Lipinski definition) is 1. The minimum Gasteiger partial charge on any atom is -0.497 e. The third-order valence-electron chi connectivity index (χ3n) is 4.27. The van der Waals surface area contributed by atoms with Gasteiger partial charge in [-0.15, -0.1) is 0 Å². The summed E-state index contributed by atoms with van der Waals surface area (Å²) in [6.45, 7) is 2.35. The fourth-order valence-electron chi connectivity index (χ4n) is 3.14. The summed E-state index contributed by atoms with van der Waals surface area (Å²) in [4.78, 5) is 2.46. The van der Waals surface area contributed by atoms with Gasteiger partial charge in [0.05, 0.1) is 7.11 Å². The van der Waals surface area contributed by atoms with Gasteiger partial charge in [-0.05, 0) is 49.9 Å². The third-order valence-corrected chi connectivity index (χ3v) is 4.27. The normalized spacial score (nSPS) is 28.3. The molecule has 1 aromatic carbocycles. The second-order valence-corrected chi connectivity index (χ2v) is 6.06. The highest BCUT2D eigenvalue weighted by Crippen LogP contribution is 2.29. The van der Waals surface area contributed by atoms with Crippen LogP contribution in [0.1, 0.15) is 30.7 Å². The number of rotatable bonds is 4. The van der Waals surface area contributed by atoms with Crippen LogP contribution in [0.5, 0.6) is 5.75 Å². The standard InChI is InChI=1S/C16H24N2O/c1-18-10-13(9-15(11-18)17-14-5-6-14)12-3-7-16(19-2)8-4-12/h3-4,7-8,13-15,17H,5-6,9-11H2,1-2H3. The Balaban J connectivity index is 1.67. The molecule has 3 nitrogen and oxygen atoms in total. The number of nitrogens with zero attached hydrogens (tertiary/aromatic N) is 1. The van der Waals surface area contributed by atoms with Crippen LogP contribution in [0, 0.1) is 0 Å². The van der Waals surface area contributed by atoms with Crippen molar-refractivity contribution in [3.8, 4) is 5.75 Å². The van der Waals surface area contributed by atoms with E-state index in [-0.39, 0.29) is 0 Å². The molecule has 1 saturated carbocycles. The molecule has 1 saturated heterocycles. The van der Waals surface area contributed by atoms with Crippen LogP contribution in [-0.4, -0.2) is 44.2 Å². The van der Waals surface area contributed by atoms with Crippen molar-refractivity contribution < 1.29 is 4.74 Å². The zero-order chi connectivity index (χ0) is 13.2. The maximum Gasteiger partial charge on any atom is 0.118 e. The average molecular weight is 260 g/mol. The highest BCUT2D eigenvalue weighted by molar-refractivity contribution is 5.30. The van der Waals surface area contributed by atoms with E-state index < -0.39 is 0 Å². The topological polar surface area (TPSA) is 24.5 Å². The number of hydrogen-bond acceptors (Lipinski definition) is 3. The van der Waals surface area contributed by atoms with Gasteiger partial charge >= 0.3 is 0 Å². The molecule has 19 heavy (non-hydrogen) atoms. The van der Waals surface area contributed by atoms with E-state index in [4.69, 9.17) is 4.74 Å². The lowest BCUT2D eigenvalue weighted by Crippen LogP contribution is -2.47. The van der Waals surface area contributed by atoms with Crippen molar-refractivity contribution >= 4 is 0 Å². The van der Waals surface area contributed by atoms with Crippen LogP contribution in [0.25, 0.3) is 0 Å². The monoisotopic (exact) mass is 260 g/mol. The van der Waals surface area contributed by atoms with Crippen molar-refractivity contribution in [2.24, 2.45) is 0 Å². The van der Waals surface area contributed by atoms with E-state index in [0.717, 1.165) is 18.3 Å². The molecule has 3 rings (SSSR count). The second-order valence-electron chi connectivity index (χ2n) is 6.06. The van der Waals surface area contributed by atoms with Crippen LogP contribution in [0.3, 0.4) is 0 Å². The van der Waals surface area contributed by atoms with E-state index in [1.54, 1.807) is 7.11 Å². The first kappa shape index (κ1) is 12.9. The highest BCUT2D eigenvalue weighted by Gasteiger charge is 2.30. The third kappa shape index (κ3) is 3.28. The molecule has 104 valence electrons. The summed E-state index contributed by atoms with van der Waals surface area (Å²) in [6.07, 6.45) is 3.99. The summed E-state index contributed by atoms with van der Waals surface area (Å²) in [5.74, 6) is 1.58. The number of methoxy groups -OCH3 is 1. The minimum atomic E-state index is 0.640. The Hall–Kier alpha value is -1.06. The first-order chi connectivity index (χ1) is 9.24. The van der Waals surface area contributed by atoms with E-state index in [1.807, 2.05) is 0 Å². The number of ether oxygens (including phenoxy) is 1. The molecule has 1 aliphatic heterocycles. The first-order valence-corrected chi connectivity index (χ1v) is 7.33. The van der Waals surface area contributed by atoms with Gasteiger partial charge in [-0.25, -0.2) is 0 Å². The molecule has 0 radical (unpaired) electrons. The van der Waals surface area contributed by atoms with Crippen LogP contribution >= 0.6 is 0 Å². The van der Waals surface area contributed by atoms with Gasteiger partial charge in [0.15, 0.2) is 0 Å². The highest BCUT2D eigenvalue weighted by atomic mass is 16.5. The maximum absolute atomic E-state index is 5.24. The molecule has 3 heteroatoms. The molecular formula is C16H24N2O. The van der Waals surface area contributed by atoms with Crippen LogP contribution in [0.15, 0.2) is 24.3 Å². The van der Waals surface area contributed by atoms with Gasteiger partial charge in [0.2, 0.25) is 0 Å². The molecule has 2 aliphatic rings. The lowest BCUT2D eigenvalue weighted by atomic mass is 9.88. The lowest BCUT2D eigenvalue weighted by Gasteiger charge is -2.36. The van der Waals surface area contributed by atoms with Gasteiger partial charge in [0, 0.05) is 25.2 Å². The molecule has 0 bridgehead atoms. The van der Waals surface area contributed by atoms with Crippen molar-refractivity contribution in [1.82, 2.24) is 10.2 Å². The summed E-state index contributed by atoms with van der Waals surface area (Å²) in [7, 11) is 3.95. The van der Waals surface area contributed by atoms with Crippen LogP contribution in [0.4, 0.5) is 0 Å². The molecule has 1 aromatic rings. The van der Waals surface area contributed by atoms with Crippen molar-refractivity contribution in [2.75, 3.05) is 27.2 Å². The van der Waals surface area contributed by atoms with E-state index in [0.29, 0.717) is 12.0 Å². The number of likely N-dealkylation sites (tertiary alicyclic amines) is 1. The molecular weight excluding hydrogens is 236 g/mol. The predicted molar refractivity (Wildman–Crippen MR) is 77.8 cm³/mol. The van der Waals surface area contributed by atoms with Gasteiger partial charge in [0.1, 0.15) is 5.75 Å². The largest absolute Gasteiger partial charge is 0.497 e. The van der Waals surface area contributed by atoms with Gasteiger partial charge < -0.3 is 15.0 Å². The number of likely N-dealkylation sites (N-methyl/N-ethyl adjacent to an activating group) is 1. The molecule has 1 aliphatic carbocycles. The molecule has 0 spiro atoms. The predicted octanol–water partition coefficient (Wildman–Crippen LogP) is 2.23. The van der Waals surface area contributed by atoms with Crippen molar-refractivity contribution in [3.05, 3.63) is 29.8 Å². The fourth-order valence-corrected chi connectivity index (χ4v) is 3.14. The Morgan fingerprint density at radius 2 is 1.84 bits per heavy atom. The molecule has 1 N–H and O–H groups in total. The number of nitrogens with one attached hydrogen (secondary N) is 1. The Morgan fingerprint density at radius 1 is 1.11 bits per heavy atom. The quantitative estimate of drug-likeness (QED) is 0.898. The summed E-state index contributed by atoms with van der Waals surface area (Å²) >= 11 is 0. The van der Waals surface area contributed by atoms with Crippen molar-refractivity contribution in [2.45, 2.75) is 37.3 Å². The van der Waals surface area contributed by atoms with Crippen molar-refractivity contribution in [1.29, 1.82) is 0 Å². The van der Waals surface area contributed by atoms with E-state index in [2.05, 4.69) is 41.5 Å². The maximum atomic E-state index is 5.24. The molecule has 0 aromatic heterocycles. The number of piperidine rings is 1. The zero-order valence-electron chi connectivity index (χ0n) is 11.9. The fraction of sp³-hybridized carbons (Fsp3) is 0.625. The van der Waals surface area contributed by atoms with Crippen LogP contribution in [-0.2, 0) is 0 Å². The SMILES string of the molecule is COc1ccc(C2CC(NC3CC3)CN(C)C2)cc1. The Labute approximate surface area is 115 Å². The lowest BCUT2D eigenvalue weighted by molar-refractivity contribution is 0.203. The summed E-state index contributed by atoms with van der Waals surface area (Å²) in [6, 6.07) is 10.0. The van der Waals surface area contributed by atoms with Gasteiger partial charge in [-0.3, -0.25) is 0 Å². The van der Waals surface area contributed by atoms with Gasteiger partial charge in [0.25, 0.3) is 0 Å². The zero-order valence-corrected chi connectivity index (χ0v) is 11.9. The smallest absolute Gasteiger partial charge is 0.118 e.